The summed E-state index contributed by atoms with van der Waals surface area (Å²) in [5.74, 6) is 6.27. The standard InChI is InChI=1S/C26H18Br2N2O2/c1-3-13-31-25-15-21(27)7-5-19(25)17-29-23-9-11-24(12-10-23)30-18-20-6-8-22(28)16-26(20)32-14-4-2/h1-2,5-12,15-18H,13-14H2. The maximum absolute atomic E-state index is 5.59. The molecule has 3 aromatic rings. The molecule has 0 heterocycles. The van der Waals surface area contributed by atoms with Gasteiger partial charge in [-0.1, -0.05) is 43.7 Å². The van der Waals surface area contributed by atoms with Gasteiger partial charge < -0.3 is 9.47 Å². The van der Waals surface area contributed by atoms with Crippen LogP contribution in [0, 0.1) is 24.7 Å². The van der Waals surface area contributed by atoms with E-state index >= 15 is 0 Å². The molecule has 158 valence electrons. The summed E-state index contributed by atoms with van der Waals surface area (Å²) >= 11 is 6.87. The predicted molar refractivity (Wildman–Crippen MR) is 138 cm³/mol. The molecule has 3 aromatic carbocycles. The van der Waals surface area contributed by atoms with Gasteiger partial charge in [-0.15, -0.1) is 12.8 Å². The van der Waals surface area contributed by atoms with Crippen LogP contribution in [0.2, 0.25) is 0 Å². The van der Waals surface area contributed by atoms with E-state index in [-0.39, 0.29) is 13.2 Å². The van der Waals surface area contributed by atoms with Gasteiger partial charge in [0.05, 0.1) is 11.4 Å². The number of terminal acetylenes is 2. The molecule has 0 aliphatic carbocycles. The molecule has 0 aliphatic rings. The van der Waals surface area contributed by atoms with E-state index in [4.69, 9.17) is 22.3 Å². The molecule has 32 heavy (non-hydrogen) atoms. The summed E-state index contributed by atoms with van der Waals surface area (Å²) in [6.07, 6.45) is 14.1. The largest absolute Gasteiger partial charge is 0.480 e. The number of rotatable bonds is 8. The normalized spacial score (nSPS) is 10.8. The Balaban J connectivity index is 1.73. The molecule has 0 atom stereocenters. The van der Waals surface area contributed by atoms with Crippen molar-refractivity contribution in [3.05, 3.63) is 80.7 Å². The third-order valence-electron chi connectivity index (χ3n) is 4.13. The van der Waals surface area contributed by atoms with E-state index < -0.39 is 0 Å². The number of aliphatic imine (C=N–C) groups is 2. The molecule has 0 radical (unpaired) electrons. The summed E-state index contributed by atoms with van der Waals surface area (Å²) in [5, 5.41) is 0. The first-order chi connectivity index (χ1) is 15.6. The Hall–Kier alpha value is -3.32. The van der Waals surface area contributed by atoms with Gasteiger partial charge >= 0.3 is 0 Å². The van der Waals surface area contributed by atoms with E-state index in [0.29, 0.717) is 11.5 Å². The van der Waals surface area contributed by atoms with Crippen molar-refractivity contribution < 1.29 is 9.47 Å². The molecule has 4 nitrogen and oxygen atoms in total. The zero-order chi connectivity index (χ0) is 22.8. The Bertz CT molecular complexity index is 1120. The maximum Gasteiger partial charge on any atom is 0.148 e. The molecule has 0 spiro atoms. The van der Waals surface area contributed by atoms with Crippen LogP contribution in [0.3, 0.4) is 0 Å². The Kier molecular flexibility index (Phi) is 8.69. The fourth-order valence-corrected chi connectivity index (χ4v) is 3.31. The second kappa shape index (κ2) is 11.9. The number of hydrogen-bond acceptors (Lipinski definition) is 4. The van der Waals surface area contributed by atoms with Gasteiger partial charge in [-0.2, -0.15) is 0 Å². The van der Waals surface area contributed by atoms with Crippen molar-refractivity contribution in [2.75, 3.05) is 13.2 Å². The topological polar surface area (TPSA) is 43.2 Å². The van der Waals surface area contributed by atoms with Gasteiger partial charge in [0.15, 0.2) is 0 Å². The summed E-state index contributed by atoms with van der Waals surface area (Å²) in [5.41, 5.74) is 3.24. The lowest BCUT2D eigenvalue weighted by atomic mass is 10.2. The van der Waals surface area contributed by atoms with Gasteiger partial charge in [-0.25, -0.2) is 0 Å². The lowest BCUT2D eigenvalue weighted by molar-refractivity contribution is 0.369. The van der Waals surface area contributed by atoms with Crippen molar-refractivity contribution in [1.29, 1.82) is 0 Å². The molecular formula is C26H18Br2N2O2. The number of nitrogens with zero attached hydrogens (tertiary/aromatic N) is 2. The molecule has 0 fully saturated rings. The fraction of sp³-hybridized carbons (Fsp3) is 0.0769. The van der Waals surface area contributed by atoms with Crippen molar-refractivity contribution in [3.8, 4) is 36.2 Å². The number of halogens is 2. The van der Waals surface area contributed by atoms with Crippen molar-refractivity contribution >= 4 is 55.7 Å². The lowest BCUT2D eigenvalue weighted by Crippen LogP contribution is -1.97. The maximum atomic E-state index is 5.59. The molecule has 0 amide bonds. The molecule has 0 bridgehead atoms. The molecule has 0 N–H and O–H groups in total. The van der Waals surface area contributed by atoms with Crippen LogP contribution in [0.5, 0.6) is 11.5 Å². The zero-order valence-electron chi connectivity index (χ0n) is 17.0. The SMILES string of the molecule is C#CCOc1cc(Br)ccc1C=Nc1ccc(N=Cc2ccc(Br)cc2OCC#C)cc1. The van der Waals surface area contributed by atoms with E-state index in [1.165, 1.54) is 0 Å². The molecular weight excluding hydrogens is 532 g/mol. The average Bonchev–Trinajstić information content (AvgIpc) is 2.80. The minimum atomic E-state index is 0.192. The molecule has 0 saturated heterocycles. The molecule has 0 aromatic heterocycles. The lowest BCUT2D eigenvalue weighted by Gasteiger charge is -2.07. The Morgan fingerprint density at radius 1 is 0.688 bits per heavy atom. The Labute approximate surface area is 204 Å². The van der Waals surface area contributed by atoms with Gasteiger partial charge in [0, 0.05) is 32.5 Å². The number of hydrogen-bond donors (Lipinski definition) is 0. The van der Waals surface area contributed by atoms with Gasteiger partial charge in [0.1, 0.15) is 24.7 Å². The molecule has 0 saturated carbocycles. The minimum absolute atomic E-state index is 0.192. The average molecular weight is 550 g/mol. The van der Waals surface area contributed by atoms with E-state index in [9.17, 15) is 0 Å². The highest BCUT2D eigenvalue weighted by Gasteiger charge is 2.04. The van der Waals surface area contributed by atoms with Crippen LogP contribution in [0.1, 0.15) is 11.1 Å². The second-order valence-corrected chi connectivity index (χ2v) is 8.21. The predicted octanol–water partition coefficient (Wildman–Crippen LogP) is 6.74. The molecule has 3 rings (SSSR count). The fourth-order valence-electron chi connectivity index (χ4n) is 2.63. The highest BCUT2D eigenvalue weighted by molar-refractivity contribution is 9.10. The van der Waals surface area contributed by atoms with Crippen molar-refractivity contribution in [2.24, 2.45) is 9.98 Å². The van der Waals surface area contributed by atoms with Crippen molar-refractivity contribution in [1.82, 2.24) is 0 Å². The van der Waals surface area contributed by atoms with Gasteiger partial charge in [0.2, 0.25) is 0 Å². The summed E-state index contributed by atoms with van der Waals surface area (Å²) in [6.45, 7) is 0.385. The van der Waals surface area contributed by atoms with E-state index in [0.717, 1.165) is 31.4 Å². The Morgan fingerprint density at radius 3 is 1.47 bits per heavy atom. The second-order valence-electron chi connectivity index (χ2n) is 6.38. The first-order valence-corrected chi connectivity index (χ1v) is 11.1. The quantitative estimate of drug-likeness (QED) is 0.231. The van der Waals surface area contributed by atoms with Gasteiger partial charge in [0.25, 0.3) is 0 Å². The van der Waals surface area contributed by atoms with Crippen LogP contribution in [0.25, 0.3) is 0 Å². The van der Waals surface area contributed by atoms with E-state index in [1.807, 2.05) is 60.7 Å². The van der Waals surface area contributed by atoms with Crippen LogP contribution in [-0.2, 0) is 0 Å². The Morgan fingerprint density at radius 2 is 1.09 bits per heavy atom. The molecule has 6 heteroatoms. The van der Waals surface area contributed by atoms with Crippen molar-refractivity contribution in [2.45, 2.75) is 0 Å². The first-order valence-electron chi connectivity index (χ1n) is 9.49. The minimum Gasteiger partial charge on any atom is -0.480 e. The summed E-state index contributed by atoms with van der Waals surface area (Å²) in [7, 11) is 0. The summed E-state index contributed by atoms with van der Waals surface area (Å²) in [4.78, 5) is 9.05. The zero-order valence-corrected chi connectivity index (χ0v) is 20.1. The van der Waals surface area contributed by atoms with Crippen LogP contribution in [-0.4, -0.2) is 25.6 Å². The highest BCUT2D eigenvalue weighted by atomic mass is 79.9. The van der Waals surface area contributed by atoms with Crippen LogP contribution >= 0.6 is 31.9 Å². The number of ether oxygens (including phenoxy) is 2. The summed E-state index contributed by atoms with van der Waals surface area (Å²) in [6, 6.07) is 19.0. The van der Waals surface area contributed by atoms with Gasteiger partial charge in [-0.3, -0.25) is 9.98 Å². The van der Waals surface area contributed by atoms with Crippen LogP contribution in [0.15, 0.2) is 79.6 Å². The molecule has 0 unspecified atom stereocenters. The third kappa shape index (κ3) is 6.85. The highest BCUT2D eigenvalue weighted by Crippen LogP contribution is 2.25. The smallest absolute Gasteiger partial charge is 0.148 e. The molecule has 0 aliphatic heterocycles. The number of benzene rings is 3. The third-order valence-corrected chi connectivity index (χ3v) is 5.11. The van der Waals surface area contributed by atoms with E-state index in [2.05, 4.69) is 53.7 Å². The first kappa shape index (κ1) is 23.3. The van der Waals surface area contributed by atoms with E-state index in [1.54, 1.807) is 12.4 Å². The summed E-state index contributed by atoms with van der Waals surface area (Å²) < 4.78 is 13.0. The van der Waals surface area contributed by atoms with Crippen LogP contribution < -0.4 is 9.47 Å². The monoisotopic (exact) mass is 548 g/mol. The van der Waals surface area contributed by atoms with Crippen molar-refractivity contribution in [3.63, 3.8) is 0 Å². The van der Waals surface area contributed by atoms with Gasteiger partial charge in [-0.05, 0) is 60.7 Å². The van der Waals surface area contributed by atoms with Crippen LogP contribution in [0.4, 0.5) is 11.4 Å².